The highest BCUT2D eigenvalue weighted by molar-refractivity contribution is 5.97. The van der Waals surface area contributed by atoms with Crippen LogP contribution in [0.3, 0.4) is 0 Å². The molecule has 0 saturated carbocycles. The number of methoxy groups -OCH3 is 1. The predicted octanol–water partition coefficient (Wildman–Crippen LogP) is 4.08. The number of carbonyl (C=O) groups is 1. The zero-order chi connectivity index (χ0) is 19.0. The maximum absolute atomic E-state index is 12.4. The molecule has 0 radical (unpaired) electrons. The Kier molecular flexibility index (Phi) is 7.91. The first-order valence-corrected chi connectivity index (χ1v) is 9.82. The van der Waals surface area contributed by atoms with Crippen LogP contribution in [-0.2, 0) is 9.53 Å². The summed E-state index contributed by atoms with van der Waals surface area (Å²) in [5.74, 6) is 0.713. The molecule has 5 nitrogen and oxygen atoms in total. The molecule has 26 heavy (non-hydrogen) atoms. The smallest absolute Gasteiger partial charge is 0.256 e. The van der Waals surface area contributed by atoms with Crippen LogP contribution < -0.4 is 10.1 Å². The number of hydrogen-bond acceptors (Lipinski definition) is 4. The summed E-state index contributed by atoms with van der Waals surface area (Å²) < 4.78 is 11.3. The van der Waals surface area contributed by atoms with Gasteiger partial charge in [0.2, 0.25) is 0 Å². The van der Waals surface area contributed by atoms with Gasteiger partial charge in [-0.05, 0) is 63.9 Å². The molecule has 1 aromatic carbocycles. The number of ether oxygens (including phenoxy) is 2. The van der Waals surface area contributed by atoms with Gasteiger partial charge in [0.15, 0.2) is 0 Å². The number of likely N-dealkylation sites (tertiary alicyclic amines) is 1. The van der Waals surface area contributed by atoms with E-state index in [2.05, 4.69) is 17.1 Å². The van der Waals surface area contributed by atoms with Crippen molar-refractivity contribution >= 4 is 11.6 Å². The van der Waals surface area contributed by atoms with Crippen molar-refractivity contribution in [1.82, 2.24) is 4.90 Å². The second-order valence-corrected chi connectivity index (χ2v) is 7.39. The molecular formula is C21H34N2O3. The average molecular weight is 363 g/mol. The topological polar surface area (TPSA) is 50.8 Å². The summed E-state index contributed by atoms with van der Waals surface area (Å²) in [6, 6.07) is 8.21. The van der Waals surface area contributed by atoms with Crippen molar-refractivity contribution in [2.75, 3.05) is 32.1 Å². The molecule has 1 aliphatic heterocycles. The van der Waals surface area contributed by atoms with Gasteiger partial charge in [-0.15, -0.1) is 0 Å². The van der Waals surface area contributed by atoms with Gasteiger partial charge in [0.25, 0.3) is 5.91 Å². The summed E-state index contributed by atoms with van der Waals surface area (Å²) in [6.07, 6.45) is 5.49. The Hall–Kier alpha value is -1.59. The Labute approximate surface area is 158 Å². The molecule has 1 N–H and O–H groups in total. The largest absolute Gasteiger partial charge is 0.492 e. The van der Waals surface area contributed by atoms with Gasteiger partial charge in [-0.2, -0.15) is 0 Å². The Morgan fingerprint density at radius 3 is 2.65 bits per heavy atom. The molecule has 0 aromatic heterocycles. The van der Waals surface area contributed by atoms with Crippen molar-refractivity contribution in [3.63, 3.8) is 0 Å². The van der Waals surface area contributed by atoms with E-state index in [1.165, 1.54) is 25.8 Å². The third-order valence-corrected chi connectivity index (χ3v) is 5.36. The summed E-state index contributed by atoms with van der Waals surface area (Å²) in [4.78, 5) is 14.9. The van der Waals surface area contributed by atoms with Crippen molar-refractivity contribution in [3.05, 3.63) is 24.3 Å². The number of benzene rings is 1. The van der Waals surface area contributed by atoms with Crippen molar-refractivity contribution in [1.29, 1.82) is 0 Å². The number of nitrogens with zero attached hydrogens (tertiary/aromatic N) is 1. The van der Waals surface area contributed by atoms with E-state index in [-0.39, 0.29) is 5.91 Å². The second kappa shape index (κ2) is 9.93. The van der Waals surface area contributed by atoms with Crippen LogP contribution in [0.5, 0.6) is 5.75 Å². The van der Waals surface area contributed by atoms with Crippen LogP contribution in [0.4, 0.5) is 5.69 Å². The molecule has 0 spiro atoms. The molecule has 2 rings (SSSR count). The van der Waals surface area contributed by atoms with Crippen LogP contribution in [0.2, 0.25) is 0 Å². The van der Waals surface area contributed by atoms with Gasteiger partial charge in [-0.3, -0.25) is 9.69 Å². The molecule has 2 unspecified atom stereocenters. The predicted molar refractivity (Wildman–Crippen MR) is 106 cm³/mol. The highest BCUT2D eigenvalue weighted by Gasteiger charge is 2.32. The fourth-order valence-electron chi connectivity index (χ4n) is 3.45. The summed E-state index contributed by atoms with van der Waals surface area (Å²) in [5, 5.41) is 2.93. The first kappa shape index (κ1) is 20.7. The van der Waals surface area contributed by atoms with Gasteiger partial charge in [-0.25, -0.2) is 0 Å². The van der Waals surface area contributed by atoms with Crippen molar-refractivity contribution < 1.29 is 14.3 Å². The minimum Gasteiger partial charge on any atom is -0.492 e. The molecular weight excluding hydrogens is 328 g/mol. The van der Waals surface area contributed by atoms with E-state index in [1.54, 1.807) is 7.11 Å². The fraction of sp³-hybridized carbons (Fsp3) is 0.667. The van der Waals surface area contributed by atoms with Gasteiger partial charge in [0.1, 0.15) is 18.0 Å². The van der Waals surface area contributed by atoms with E-state index in [0.29, 0.717) is 19.1 Å². The van der Waals surface area contributed by atoms with E-state index in [4.69, 9.17) is 9.47 Å². The number of hydrogen-bond donors (Lipinski definition) is 1. The zero-order valence-electron chi connectivity index (χ0n) is 16.7. The quantitative estimate of drug-likeness (QED) is 0.719. The molecule has 1 fully saturated rings. The van der Waals surface area contributed by atoms with E-state index in [9.17, 15) is 4.79 Å². The standard InChI is InChI=1S/C21H34N2O3/c1-5-13-21(3,25-4)20(24)22-18-9-11-19(12-10-18)26-16-15-23-14-7-6-8-17(23)2/h9-12,17H,5-8,13-16H2,1-4H3,(H,22,24). The lowest BCUT2D eigenvalue weighted by molar-refractivity contribution is -0.136. The third-order valence-electron chi connectivity index (χ3n) is 5.36. The first-order chi connectivity index (χ1) is 12.5. The van der Waals surface area contributed by atoms with Gasteiger partial charge in [0, 0.05) is 25.4 Å². The lowest BCUT2D eigenvalue weighted by Gasteiger charge is -2.33. The summed E-state index contributed by atoms with van der Waals surface area (Å²) in [6.45, 7) is 8.98. The number of amides is 1. The van der Waals surface area contributed by atoms with Crippen molar-refractivity contribution in [3.8, 4) is 5.75 Å². The lowest BCUT2D eigenvalue weighted by Crippen LogP contribution is -2.41. The number of anilines is 1. The number of nitrogens with one attached hydrogen (secondary N) is 1. The summed E-state index contributed by atoms with van der Waals surface area (Å²) >= 11 is 0. The SMILES string of the molecule is CCCC(C)(OC)C(=O)Nc1ccc(OCCN2CCCCC2C)cc1. The normalized spacial score (nSPS) is 20.4. The molecule has 1 heterocycles. The van der Waals surface area contributed by atoms with Crippen LogP contribution in [-0.4, -0.2) is 49.3 Å². The first-order valence-electron chi connectivity index (χ1n) is 9.82. The van der Waals surface area contributed by atoms with Crippen LogP contribution in [0.15, 0.2) is 24.3 Å². The molecule has 1 aromatic rings. The highest BCUT2D eigenvalue weighted by Crippen LogP contribution is 2.22. The summed E-state index contributed by atoms with van der Waals surface area (Å²) in [5.41, 5.74) is -0.0407. The minimum atomic E-state index is -0.797. The molecule has 1 aliphatic rings. The van der Waals surface area contributed by atoms with Gasteiger partial charge in [0.05, 0.1) is 0 Å². The molecule has 1 amide bonds. The molecule has 146 valence electrons. The Bertz CT molecular complexity index is 561. The molecule has 5 heteroatoms. The maximum atomic E-state index is 12.4. The van der Waals surface area contributed by atoms with Crippen molar-refractivity contribution in [2.45, 2.75) is 64.5 Å². The molecule has 1 saturated heterocycles. The van der Waals surface area contributed by atoms with Crippen LogP contribution in [0, 0.1) is 0 Å². The Morgan fingerprint density at radius 2 is 2.04 bits per heavy atom. The zero-order valence-corrected chi connectivity index (χ0v) is 16.7. The minimum absolute atomic E-state index is 0.116. The molecule has 2 atom stereocenters. The average Bonchev–Trinajstić information content (AvgIpc) is 2.64. The summed E-state index contributed by atoms with van der Waals surface area (Å²) in [7, 11) is 1.58. The molecule has 0 aliphatic carbocycles. The highest BCUT2D eigenvalue weighted by atomic mass is 16.5. The van der Waals surface area contributed by atoms with E-state index in [1.807, 2.05) is 38.1 Å². The number of rotatable bonds is 9. The maximum Gasteiger partial charge on any atom is 0.256 e. The van der Waals surface area contributed by atoms with Crippen LogP contribution >= 0.6 is 0 Å². The molecule has 0 bridgehead atoms. The monoisotopic (exact) mass is 362 g/mol. The van der Waals surface area contributed by atoms with Gasteiger partial charge in [-0.1, -0.05) is 19.8 Å². The third kappa shape index (κ3) is 5.71. The second-order valence-electron chi connectivity index (χ2n) is 7.39. The van der Waals surface area contributed by atoms with Crippen LogP contribution in [0.25, 0.3) is 0 Å². The fourth-order valence-corrected chi connectivity index (χ4v) is 3.45. The Balaban J connectivity index is 1.81. The lowest BCUT2D eigenvalue weighted by atomic mass is 9.99. The van der Waals surface area contributed by atoms with Crippen molar-refractivity contribution in [2.24, 2.45) is 0 Å². The van der Waals surface area contributed by atoms with E-state index in [0.717, 1.165) is 24.4 Å². The van der Waals surface area contributed by atoms with Gasteiger partial charge >= 0.3 is 0 Å². The number of carbonyl (C=O) groups excluding carboxylic acids is 1. The Morgan fingerprint density at radius 1 is 1.31 bits per heavy atom. The van der Waals surface area contributed by atoms with E-state index < -0.39 is 5.60 Å². The number of piperidine rings is 1. The van der Waals surface area contributed by atoms with Gasteiger partial charge < -0.3 is 14.8 Å². The van der Waals surface area contributed by atoms with Crippen LogP contribution in [0.1, 0.15) is 52.9 Å². The van der Waals surface area contributed by atoms with E-state index >= 15 is 0 Å².